The minimum absolute atomic E-state index is 0.0659. The number of pyridine rings is 1. The Kier molecular flexibility index (Phi) is 5.91. The zero-order valence-electron chi connectivity index (χ0n) is 12.5. The van der Waals surface area contributed by atoms with E-state index in [1.165, 1.54) is 0 Å². The summed E-state index contributed by atoms with van der Waals surface area (Å²) in [6, 6.07) is 11.3. The lowest BCUT2D eigenvalue weighted by molar-refractivity contribution is -0.130. The molecule has 0 radical (unpaired) electrons. The summed E-state index contributed by atoms with van der Waals surface area (Å²) in [5.74, 6) is 0.238. The molecule has 0 aliphatic heterocycles. The van der Waals surface area contributed by atoms with Crippen LogP contribution >= 0.6 is 0 Å². The molecule has 1 aromatic heterocycles. The summed E-state index contributed by atoms with van der Waals surface area (Å²) in [4.78, 5) is 15.8. The number of hydrogen-bond donors (Lipinski definition) is 2. The third-order valence-corrected chi connectivity index (χ3v) is 3.23. The predicted molar refractivity (Wildman–Crippen MR) is 83.6 cm³/mol. The molecule has 1 heterocycles. The standard InChI is InChI=1S/C17H20N2O3/c1-13-5-2-3-7-16(13)22-12-15(20)17(21)19-10-8-14-6-4-9-18-11-14/h2-7,9,11,15,20H,8,10,12H2,1H3,(H,19,21)/t15-/m1/s1. The lowest BCUT2D eigenvalue weighted by Gasteiger charge is -2.14. The third-order valence-electron chi connectivity index (χ3n) is 3.23. The quantitative estimate of drug-likeness (QED) is 0.812. The fraction of sp³-hybridized carbons (Fsp3) is 0.294. The Hall–Kier alpha value is -2.40. The summed E-state index contributed by atoms with van der Waals surface area (Å²) in [5.41, 5.74) is 2.00. The maximum absolute atomic E-state index is 11.8. The van der Waals surface area contributed by atoms with E-state index in [4.69, 9.17) is 4.74 Å². The maximum atomic E-state index is 11.8. The number of ether oxygens (including phenoxy) is 1. The molecule has 2 rings (SSSR count). The molecule has 0 aliphatic rings. The predicted octanol–water partition coefficient (Wildman–Crippen LogP) is 1.49. The summed E-state index contributed by atoms with van der Waals surface area (Å²) >= 11 is 0. The number of benzene rings is 1. The largest absolute Gasteiger partial charge is 0.490 e. The minimum Gasteiger partial charge on any atom is -0.490 e. The maximum Gasteiger partial charge on any atom is 0.252 e. The number of nitrogens with zero attached hydrogens (tertiary/aromatic N) is 1. The Bertz CT molecular complexity index is 602. The van der Waals surface area contributed by atoms with Gasteiger partial charge >= 0.3 is 0 Å². The SMILES string of the molecule is Cc1ccccc1OC[C@@H](O)C(=O)NCCc1cccnc1. The molecule has 0 bridgehead atoms. The van der Waals surface area contributed by atoms with Crippen LogP contribution in [0.4, 0.5) is 0 Å². The highest BCUT2D eigenvalue weighted by atomic mass is 16.5. The van der Waals surface area contributed by atoms with E-state index in [1.807, 2.05) is 43.3 Å². The van der Waals surface area contributed by atoms with Gasteiger partial charge in [-0.25, -0.2) is 0 Å². The van der Waals surface area contributed by atoms with Gasteiger partial charge in [0.05, 0.1) is 0 Å². The molecule has 2 N–H and O–H groups in total. The highest BCUT2D eigenvalue weighted by molar-refractivity contribution is 5.80. The number of carbonyl (C=O) groups excluding carboxylic acids is 1. The number of aryl methyl sites for hydroxylation is 1. The highest BCUT2D eigenvalue weighted by Crippen LogP contribution is 2.16. The smallest absolute Gasteiger partial charge is 0.252 e. The lowest BCUT2D eigenvalue weighted by Crippen LogP contribution is -2.39. The van der Waals surface area contributed by atoms with Crippen LogP contribution in [-0.2, 0) is 11.2 Å². The monoisotopic (exact) mass is 300 g/mol. The van der Waals surface area contributed by atoms with Gasteiger partial charge in [-0.05, 0) is 36.6 Å². The molecule has 1 atom stereocenters. The van der Waals surface area contributed by atoms with Crippen molar-refractivity contribution < 1.29 is 14.6 Å². The molecule has 0 saturated carbocycles. The second kappa shape index (κ2) is 8.14. The van der Waals surface area contributed by atoms with Gasteiger partial charge in [0.1, 0.15) is 12.4 Å². The van der Waals surface area contributed by atoms with Crippen molar-refractivity contribution in [2.75, 3.05) is 13.2 Å². The van der Waals surface area contributed by atoms with Crippen molar-refractivity contribution in [2.24, 2.45) is 0 Å². The van der Waals surface area contributed by atoms with Crippen LogP contribution < -0.4 is 10.1 Å². The van der Waals surface area contributed by atoms with Gasteiger partial charge in [0.2, 0.25) is 0 Å². The molecule has 116 valence electrons. The Morgan fingerprint density at radius 1 is 1.32 bits per heavy atom. The summed E-state index contributed by atoms with van der Waals surface area (Å²) < 4.78 is 5.46. The van der Waals surface area contributed by atoms with Crippen molar-refractivity contribution in [1.82, 2.24) is 10.3 Å². The second-order valence-corrected chi connectivity index (χ2v) is 4.99. The Balaban J connectivity index is 1.72. The van der Waals surface area contributed by atoms with Crippen LogP contribution in [0.15, 0.2) is 48.8 Å². The molecule has 1 aromatic carbocycles. The number of carbonyl (C=O) groups is 1. The molecule has 1 amide bonds. The summed E-state index contributed by atoms with van der Waals surface area (Å²) in [5, 5.41) is 12.5. The van der Waals surface area contributed by atoms with Crippen molar-refractivity contribution in [3.8, 4) is 5.75 Å². The number of para-hydroxylation sites is 1. The number of nitrogens with one attached hydrogen (secondary N) is 1. The lowest BCUT2D eigenvalue weighted by atomic mass is 10.2. The van der Waals surface area contributed by atoms with E-state index >= 15 is 0 Å². The van der Waals surface area contributed by atoms with Crippen molar-refractivity contribution in [3.05, 3.63) is 59.9 Å². The van der Waals surface area contributed by atoms with E-state index < -0.39 is 12.0 Å². The molecular weight excluding hydrogens is 280 g/mol. The molecule has 22 heavy (non-hydrogen) atoms. The fourth-order valence-corrected chi connectivity index (χ4v) is 1.96. The second-order valence-electron chi connectivity index (χ2n) is 4.99. The number of aromatic nitrogens is 1. The molecule has 0 fully saturated rings. The van der Waals surface area contributed by atoms with Gasteiger partial charge in [-0.3, -0.25) is 9.78 Å². The molecule has 0 unspecified atom stereocenters. The first-order valence-corrected chi connectivity index (χ1v) is 7.20. The van der Waals surface area contributed by atoms with Crippen molar-refractivity contribution in [3.63, 3.8) is 0 Å². The molecule has 0 spiro atoms. The molecule has 2 aromatic rings. The Labute approximate surface area is 130 Å². The van der Waals surface area contributed by atoms with Gasteiger partial charge in [0.25, 0.3) is 5.91 Å². The first-order valence-electron chi connectivity index (χ1n) is 7.20. The Morgan fingerprint density at radius 3 is 2.86 bits per heavy atom. The van der Waals surface area contributed by atoms with Crippen LogP contribution in [0.5, 0.6) is 5.75 Å². The van der Waals surface area contributed by atoms with Crippen LogP contribution in [0.2, 0.25) is 0 Å². The van der Waals surface area contributed by atoms with Crippen molar-refractivity contribution in [1.29, 1.82) is 0 Å². The number of aliphatic hydroxyl groups is 1. The normalized spacial score (nSPS) is 11.7. The minimum atomic E-state index is -1.19. The summed E-state index contributed by atoms with van der Waals surface area (Å²) in [7, 11) is 0. The average Bonchev–Trinajstić information content (AvgIpc) is 2.54. The first kappa shape index (κ1) is 16.0. The number of aliphatic hydroxyl groups excluding tert-OH is 1. The van der Waals surface area contributed by atoms with E-state index in [1.54, 1.807) is 12.4 Å². The van der Waals surface area contributed by atoms with E-state index in [9.17, 15) is 9.90 Å². The fourth-order valence-electron chi connectivity index (χ4n) is 1.96. The van der Waals surface area contributed by atoms with Gasteiger partial charge in [-0.1, -0.05) is 24.3 Å². The molecule has 5 heteroatoms. The van der Waals surface area contributed by atoms with E-state index in [2.05, 4.69) is 10.3 Å². The van der Waals surface area contributed by atoms with Crippen molar-refractivity contribution >= 4 is 5.91 Å². The zero-order chi connectivity index (χ0) is 15.8. The first-order chi connectivity index (χ1) is 10.7. The third kappa shape index (κ3) is 4.86. The number of amides is 1. The average molecular weight is 300 g/mol. The summed E-state index contributed by atoms with van der Waals surface area (Å²) in [6.07, 6.45) is 2.94. The molecule has 5 nitrogen and oxygen atoms in total. The van der Waals surface area contributed by atoms with Crippen LogP contribution in [0.1, 0.15) is 11.1 Å². The van der Waals surface area contributed by atoms with E-state index in [-0.39, 0.29) is 6.61 Å². The van der Waals surface area contributed by atoms with Crippen molar-refractivity contribution in [2.45, 2.75) is 19.4 Å². The van der Waals surface area contributed by atoms with Crippen LogP contribution in [0, 0.1) is 6.92 Å². The Morgan fingerprint density at radius 2 is 2.14 bits per heavy atom. The van der Waals surface area contributed by atoms with Gasteiger partial charge < -0.3 is 15.2 Å². The molecule has 0 saturated heterocycles. The van der Waals surface area contributed by atoms with Gasteiger partial charge in [-0.2, -0.15) is 0 Å². The van der Waals surface area contributed by atoms with Gasteiger partial charge in [0.15, 0.2) is 6.10 Å². The highest BCUT2D eigenvalue weighted by Gasteiger charge is 2.15. The van der Waals surface area contributed by atoms with E-state index in [0.717, 1.165) is 11.1 Å². The molecular formula is C17H20N2O3. The van der Waals surface area contributed by atoms with Crippen LogP contribution in [0.3, 0.4) is 0 Å². The van der Waals surface area contributed by atoms with Gasteiger partial charge in [-0.15, -0.1) is 0 Å². The van der Waals surface area contributed by atoms with Crippen LogP contribution in [-0.4, -0.2) is 35.3 Å². The van der Waals surface area contributed by atoms with Crippen LogP contribution in [0.25, 0.3) is 0 Å². The zero-order valence-corrected chi connectivity index (χ0v) is 12.5. The topological polar surface area (TPSA) is 71.5 Å². The van der Waals surface area contributed by atoms with Gasteiger partial charge in [0, 0.05) is 18.9 Å². The van der Waals surface area contributed by atoms with E-state index in [0.29, 0.717) is 18.7 Å². The number of hydrogen-bond acceptors (Lipinski definition) is 4. The number of rotatable bonds is 7. The summed E-state index contributed by atoms with van der Waals surface area (Å²) in [6.45, 7) is 2.30. The molecule has 0 aliphatic carbocycles.